The Morgan fingerprint density at radius 1 is 1.18 bits per heavy atom. The number of unbranched alkanes of at least 4 members (excludes halogenated alkanes) is 3. The maximum Gasteiger partial charge on any atom is 0.223 e. The van der Waals surface area contributed by atoms with Crippen molar-refractivity contribution in [2.45, 2.75) is 82.2 Å². The zero-order valence-corrected chi connectivity index (χ0v) is 11.6. The fourth-order valence-electron chi connectivity index (χ4n) is 3.35. The fraction of sp³-hybridized carbons (Fsp3) is 0.929. The quantitative estimate of drug-likeness (QED) is 0.543. The molecular formula is C14H24ClNO. The Hall–Kier alpha value is -0.240. The first-order valence-electron chi connectivity index (χ1n) is 7.17. The van der Waals surface area contributed by atoms with Gasteiger partial charge in [-0.25, -0.2) is 0 Å². The largest absolute Gasteiger partial charge is 0.337 e. The first-order chi connectivity index (χ1) is 8.22. The van der Waals surface area contributed by atoms with Crippen LogP contribution in [0.1, 0.15) is 64.7 Å². The van der Waals surface area contributed by atoms with Gasteiger partial charge < -0.3 is 4.90 Å². The Kier molecular flexibility index (Phi) is 4.72. The van der Waals surface area contributed by atoms with E-state index in [1.54, 1.807) is 0 Å². The number of carbonyl (C=O) groups excluding carboxylic acids is 1. The van der Waals surface area contributed by atoms with Crippen molar-refractivity contribution in [3.05, 3.63) is 0 Å². The van der Waals surface area contributed by atoms with Crippen LogP contribution in [0.15, 0.2) is 0 Å². The highest BCUT2D eigenvalue weighted by Crippen LogP contribution is 2.38. The molecule has 2 nitrogen and oxygen atoms in total. The smallest absolute Gasteiger partial charge is 0.223 e. The van der Waals surface area contributed by atoms with E-state index in [4.69, 9.17) is 11.6 Å². The van der Waals surface area contributed by atoms with Crippen molar-refractivity contribution in [1.82, 2.24) is 4.90 Å². The van der Waals surface area contributed by atoms with Gasteiger partial charge >= 0.3 is 0 Å². The molecule has 0 N–H and O–H groups in total. The van der Waals surface area contributed by atoms with Crippen molar-refractivity contribution in [2.75, 3.05) is 0 Å². The highest BCUT2D eigenvalue weighted by atomic mass is 35.5. The number of piperidine rings is 1. The Labute approximate surface area is 110 Å². The van der Waals surface area contributed by atoms with E-state index < -0.39 is 0 Å². The monoisotopic (exact) mass is 257 g/mol. The fourth-order valence-corrected chi connectivity index (χ4v) is 3.76. The molecule has 2 unspecified atom stereocenters. The van der Waals surface area contributed by atoms with Gasteiger partial charge in [-0.1, -0.05) is 26.2 Å². The van der Waals surface area contributed by atoms with E-state index in [0.717, 1.165) is 25.7 Å². The summed E-state index contributed by atoms with van der Waals surface area (Å²) in [6.45, 7) is 2.20. The van der Waals surface area contributed by atoms with Crippen molar-refractivity contribution < 1.29 is 4.79 Å². The predicted molar refractivity (Wildman–Crippen MR) is 71.3 cm³/mol. The Morgan fingerprint density at radius 2 is 1.82 bits per heavy atom. The first kappa shape index (κ1) is 13.2. The molecule has 2 aliphatic heterocycles. The number of hydrogen-bond donors (Lipinski definition) is 0. The van der Waals surface area contributed by atoms with Crippen molar-refractivity contribution in [3.8, 4) is 0 Å². The molecule has 2 fully saturated rings. The van der Waals surface area contributed by atoms with Crippen LogP contribution in [0.3, 0.4) is 0 Å². The third kappa shape index (κ3) is 3.15. The molecule has 3 heteroatoms. The van der Waals surface area contributed by atoms with Crippen LogP contribution >= 0.6 is 11.6 Å². The molecule has 0 aromatic rings. The zero-order chi connectivity index (χ0) is 12.3. The molecule has 2 heterocycles. The van der Waals surface area contributed by atoms with Crippen LogP contribution in [0.5, 0.6) is 0 Å². The third-order valence-electron chi connectivity index (χ3n) is 4.21. The molecular weight excluding hydrogens is 234 g/mol. The number of alkyl halides is 1. The summed E-state index contributed by atoms with van der Waals surface area (Å²) in [6, 6.07) is 0.907. The van der Waals surface area contributed by atoms with Crippen LogP contribution in [-0.4, -0.2) is 28.3 Å². The van der Waals surface area contributed by atoms with Gasteiger partial charge in [0.05, 0.1) is 0 Å². The molecule has 1 amide bonds. The Bertz CT molecular complexity index is 255. The number of hydrogen-bond acceptors (Lipinski definition) is 1. The van der Waals surface area contributed by atoms with Gasteiger partial charge in [0.1, 0.15) is 0 Å². The minimum atomic E-state index is 0.302. The molecule has 0 saturated carbocycles. The molecule has 98 valence electrons. The van der Waals surface area contributed by atoms with E-state index in [9.17, 15) is 4.79 Å². The Morgan fingerprint density at radius 3 is 2.41 bits per heavy atom. The zero-order valence-electron chi connectivity index (χ0n) is 10.8. The molecule has 0 aromatic carbocycles. The van der Waals surface area contributed by atoms with E-state index in [2.05, 4.69) is 11.8 Å². The van der Waals surface area contributed by atoms with Gasteiger partial charge in [0.15, 0.2) is 0 Å². The van der Waals surface area contributed by atoms with Gasteiger partial charge in [-0.2, -0.15) is 0 Å². The number of rotatable bonds is 5. The summed E-state index contributed by atoms with van der Waals surface area (Å²) in [4.78, 5) is 14.4. The molecule has 2 saturated heterocycles. The lowest BCUT2D eigenvalue weighted by atomic mass is 10.0. The van der Waals surface area contributed by atoms with Gasteiger partial charge in [0, 0.05) is 23.9 Å². The predicted octanol–water partition coefficient (Wildman–Crippen LogP) is 3.72. The van der Waals surface area contributed by atoms with Crippen LogP contribution in [0, 0.1) is 0 Å². The second kappa shape index (κ2) is 6.08. The summed E-state index contributed by atoms with van der Waals surface area (Å²) in [5, 5.41) is 0.302. The minimum Gasteiger partial charge on any atom is -0.337 e. The lowest BCUT2D eigenvalue weighted by Crippen LogP contribution is -2.46. The molecule has 0 aliphatic carbocycles. The van der Waals surface area contributed by atoms with Crippen molar-refractivity contribution >= 4 is 17.5 Å². The average Bonchev–Trinajstić information content (AvgIpc) is 2.57. The van der Waals surface area contributed by atoms with Crippen molar-refractivity contribution in [2.24, 2.45) is 0 Å². The lowest BCUT2D eigenvalue weighted by molar-refractivity contribution is -0.135. The topological polar surface area (TPSA) is 20.3 Å². The molecule has 2 bridgehead atoms. The number of carbonyl (C=O) groups is 1. The Balaban J connectivity index is 1.80. The number of nitrogens with zero attached hydrogens (tertiary/aromatic N) is 1. The average molecular weight is 258 g/mol. The van der Waals surface area contributed by atoms with Crippen molar-refractivity contribution in [1.29, 1.82) is 0 Å². The molecule has 17 heavy (non-hydrogen) atoms. The van der Waals surface area contributed by atoms with Crippen LogP contribution in [0.25, 0.3) is 0 Å². The molecule has 2 atom stereocenters. The normalized spacial score (nSPS) is 31.9. The van der Waals surface area contributed by atoms with E-state index in [-0.39, 0.29) is 0 Å². The molecule has 2 aliphatic rings. The number of amides is 1. The van der Waals surface area contributed by atoms with Crippen LogP contribution in [-0.2, 0) is 4.79 Å². The lowest BCUT2D eigenvalue weighted by Gasteiger charge is -2.37. The summed E-state index contributed by atoms with van der Waals surface area (Å²) < 4.78 is 0. The van der Waals surface area contributed by atoms with Crippen LogP contribution in [0.2, 0.25) is 0 Å². The van der Waals surface area contributed by atoms with E-state index in [1.807, 2.05) is 0 Å². The maximum absolute atomic E-state index is 12.2. The molecule has 2 rings (SSSR count). The van der Waals surface area contributed by atoms with Gasteiger partial charge in [-0.3, -0.25) is 4.79 Å². The highest BCUT2D eigenvalue weighted by molar-refractivity contribution is 6.20. The summed E-state index contributed by atoms with van der Waals surface area (Å²) >= 11 is 6.22. The van der Waals surface area contributed by atoms with E-state index >= 15 is 0 Å². The maximum atomic E-state index is 12.2. The van der Waals surface area contributed by atoms with Gasteiger partial charge in [0.2, 0.25) is 5.91 Å². The van der Waals surface area contributed by atoms with Gasteiger partial charge in [-0.05, 0) is 32.1 Å². The molecule has 0 radical (unpaired) electrons. The summed E-state index contributed by atoms with van der Waals surface area (Å²) in [6.07, 6.45) is 9.87. The van der Waals surface area contributed by atoms with Crippen molar-refractivity contribution in [3.63, 3.8) is 0 Å². The second-order valence-corrected chi connectivity index (χ2v) is 6.18. The summed E-state index contributed by atoms with van der Waals surface area (Å²) in [7, 11) is 0. The summed E-state index contributed by atoms with van der Waals surface area (Å²) in [5.74, 6) is 0.386. The SMILES string of the molecule is CCCCCCC(=O)N1C2CCC1CC(Cl)C2. The number of halogens is 1. The van der Waals surface area contributed by atoms with Gasteiger partial charge in [0.25, 0.3) is 0 Å². The minimum absolute atomic E-state index is 0.302. The van der Waals surface area contributed by atoms with Crippen LogP contribution in [0.4, 0.5) is 0 Å². The first-order valence-corrected chi connectivity index (χ1v) is 7.61. The second-order valence-electron chi connectivity index (χ2n) is 5.57. The highest BCUT2D eigenvalue weighted by Gasteiger charge is 2.42. The van der Waals surface area contributed by atoms with E-state index in [0.29, 0.717) is 23.4 Å². The third-order valence-corrected chi connectivity index (χ3v) is 4.56. The summed E-state index contributed by atoms with van der Waals surface area (Å²) in [5.41, 5.74) is 0. The molecule has 0 aromatic heterocycles. The van der Waals surface area contributed by atoms with Gasteiger partial charge in [-0.15, -0.1) is 11.6 Å². The standard InChI is InChI=1S/C14H24ClNO/c1-2-3-4-5-6-14(17)16-12-7-8-13(16)10-11(15)9-12/h11-13H,2-10H2,1H3. The number of fused-ring (bicyclic) bond motifs is 2. The molecule has 0 spiro atoms. The van der Waals surface area contributed by atoms with E-state index in [1.165, 1.54) is 32.1 Å². The van der Waals surface area contributed by atoms with Crippen LogP contribution < -0.4 is 0 Å².